The van der Waals surface area contributed by atoms with Crippen LogP contribution in [-0.4, -0.2) is 49.8 Å². The number of piperazine rings is 1. The van der Waals surface area contributed by atoms with Crippen LogP contribution in [0, 0.1) is 6.92 Å². The topological polar surface area (TPSA) is 40.6 Å². The van der Waals surface area contributed by atoms with Crippen LogP contribution in [0.4, 0.5) is 0 Å². The van der Waals surface area contributed by atoms with E-state index in [1.54, 1.807) is 22.5 Å². The van der Waals surface area contributed by atoms with Crippen LogP contribution in [0.2, 0.25) is 5.02 Å². The first-order valence-corrected chi connectivity index (χ1v) is 8.55. The number of hydrogen-bond donors (Lipinski definition) is 0. The van der Waals surface area contributed by atoms with Crippen molar-refractivity contribution in [3.05, 3.63) is 28.8 Å². The number of sulfonamides is 1. The molecule has 112 valence electrons. The Hall–Kier alpha value is -0.620. The number of likely N-dealkylation sites (N-methyl/N-ethyl adjacent to an activating group) is 1. The largest absolute Gasteiger partial charge is 0.301 e. The smallest absolute Gasteiger partial charge is 0.243 e. The fourth-order valence-electron chi connectivity index (χ4n) is 2.48. The van der Waals surface area contributed by atoms with E-state index in [4.69, 9.17) is 11.6 Å². The van der Waals surface area contributed by atoms with E-state index in [-0.39, 0.29) is 17.0 Å². The lowest BCUT2D eigenvalue weighted by Crippen LogP contribution is -2.57. The van der Waals surface area contributed by atoms with Gasteiger partial charge in [-0.1, -0.05) is 17.7 Å². The minimum atomic E-state index is -3.48. The van der Waals surface area contributed by atoms with Crippen LogP contribution in [0.1, 0.15) is 19.4 Å². The molecule has 0 aliphatic carbocycles. The average molecular weight is 317 g/mol. The number of halogens is 1. The zero-order valence-electron chi connectivity index (χ0n) is 12.3. The summed E-state index contributed by atoms with van der Waals surface area (Å²) in [6, 6.07) is 5.06. The predicted octanol–water partition coefficient (Wildman–Crippen LogP) is 2.36. The van der Waals surface area contributed by atoms with Gasteiger partial charge in [0.1, 0.15) is 0 Å². The first-order valence-electron chi connectivity index (χ1n) is 6.73. The Bertz CT molecular complexity index is 603. The summed E-state index contributed by atoms with van der Waals surface area (Å²) < 4.78 is 27.1. The molecule has 0 aromatic heterocycles. The lowest BCUT2D eigenvalue weighted by atomic mass is 10.1. The third-order valence-electron chi connectivity index (χ3n) is 4.27. The maximum Gasteiger partial charge on any atom is 0.243 e. The third kappa shape index (κ3) is 2.72. The summed E-state index contributed by atoms with van der Waals surface area (Å²) in [5.41, 5.74) is 0.880. The van der Waals surface area contributed by atoms with E-state index < -0.39 is 10.0 Å². The van der Waals surface area contributed by atoms with Crippen LogP contribution in [0.15, 0.2) is 23.1 Å². The maximum absolute atomic E-state index is 12.8. The Morgan fingerprint density at radius 1 is 1.20 bits per heavy atom. The zero-order valence-corrected chi connectivity index (χ0v) is 13.9. The molecule has 2 atom stereocenters. The zero-order chi connectivity index (χ0) is 15.1. The molecule has 2 rings (SSSR count). The van der Waals surface area contributed by atoms with Crippen molar-refractivity contribution in [2.75, 3.05) is 20.1 Å². The summed E-state index contributed by atoms with van der Waals surface area (Å²) in [5, 5.41) is 0.487. The monoisotopic (exact) mass is 316 g/mol. The molecule has 0 radical (unpaired) electrons. The summed E-state index contributed by atoms with van der Waals surface area (Å²) in [4.78, 5) is 2.45. The molecular weight excluding hydrogens is 296 g/mol. The van der Waals surface area contributed by atoms with Gasteiger partial charge in [0.15, 0.2) is 0 Å². The van der Waals surface area contributed by atoms with Gasteiger partial charge in [0.25, 0.3) is 0 Å². The van der Waals surface area contributed by atoms with Crippen LogP contribution in [0.25, 0.3) is 0 Å². The fourth-order valence-corrected chi connectivity index (χ4v) is 4.44. The summed E-state index contributed by atoms with van der Waals surface area (Å²) in [6.45, 7) is 7.11. The number of hydrogen-bond acceptors (Lipinski definition) is 3. The molecular formula is C14H21ClN2O2S. The lowest BCUT2D eigenvalue weighted by molar-refractivity contribution is 0.109. The van der Waals surface area contributed by atoms with Gasteiger partial charge in [0.2, 0.25) is 10.0 Å². The molecule has 1 aromatic carbocycles. The SMILES string of the molecule is Cc1ccc(S(=O)(=O)N2CCN(C)[C@@H](C)[C@H]2C)cc1Cl. The van der Waals surface area contributed by atoms with Gasteiger partial charge >= 0.3 is 0 Å². The van der Waals surface area contributed by atoms with Crippen molar-refractivity contribution < 1.29 is 8.42 Å². The Morgan fingerprint density at radius 3 is 2.45 bits per heavy atom. The third-order valence-corrected chi connectivity index (χ3v) is 6.66. The molecule has 1 aromatic rings. The highest BCUT2D eigenvalue weighted by molar-refractivity contribution is 7.89. The van der Waals surface area contributed by atoms with Crippen LogP contribution >= 0.6 is 11.6 Å². The first-order chi connectivity index (χ1) is 9.25. The van der Waals surface area contributed by atoms with Gasteiger partial charge < -0.3 is 4.90 Å². The molecule has 1 aliphatic heterocycles. The summed E-state index contributed by atoms with van der Waals surface area (Å²) in [6.07, 6.45) is 0. The standard InChI is InChI=1S/C14H21ClN2O2S/c1-10-5-6-13(9-14(10)15)20(18,19)17-8-7-16(4)11(2)12(17)3/h5-6,9,11-12H,7-8H2,1-4H3/t11-,12+/m0/s1. The summed E-state index contributed by atoms with van der Waals surface area (Å²) in [7, 11) is -1.46. The molecule has 1 aliphatic rings. The molecule has 0 spiro atoms. The van der Waals surface area contributed by atoms with Gasteiger partial charge in [-0.25, -0.2) is 8.42 Å². The molecule has 1 saturated heterocycles. The van der Waals surface area contributed by atoms with Gasteiger partial charge in [-0.3, -0.25) is 0 Å². The Balaban J connectivity index is 2.37. The number of nitrogens with zero attached hydrogens (tertiary/aromatic N) is 2. The van der Waals surface area contributed by atoms with Crippen molar-refractivity contribution in [2.24, 2.45) is 0 Å². The highest BCUT2D eigenvalue weighted by Gasteiger charge is 2.36. The molecule has 4 nitrogen and oxygen atoms in total. The molecule has 20 heavy (non-hydrogen) atoms. The molecule has 1 fully saturated rings. The highest BCUT2D eigenvalue weighted by Crippen LogP contribution is 2.27. The molecule has 1 heterocycles. The molecule has 0 N–H and O–H groups in total. The molecule has 0 bridgehead atoms. The molecule has 0 amide bonds. The van der Waals surface area contributed by atoms with Gasteiger partial charge in [0.05, 0.1) is 4.90 Å². The number of benzene rings is 1. The number of rotatable bonds is 2. The minimum Gasteiger partial charge on any atom is -0.301 e. The van der Waals surface area contributed by atoms with Gasteiger partial charge in [0, 0.05) is 30.2 Å². The van der Waals surface area contributed by atoms with E-state index in [9.17, 15) is 8.42 Å². The van der Waals surface area contributed by atoms with Crippen LogP contribution < -0.4 is 0 Å². The first kappa shape index (κ1) is 15.8. The van der Waals surface area contributed by atoms with Crippen molar-refractivity contribution in [3.8, 4) is 0 Å². The van der Waals surface area contributed by atoms with Crippen LogP contribution in [-0.2, 0) is 10.0 Å². The van der Waals surface area contributed by atoms with Crippen LogP contribution in [0.3, 0.4) is 0 Å². The van der Waals surface area contributed by atoms with Crippen molar-refractivity contribution in [2.45, 2.75) is 37.8 Å². The van der Waals surface area contributed by atoms with Gasteiger partial charge in [-0.05, 0) is 45.5 Å². The van der Waals surface area contributed by atoms with E-state index in [0.717, 1.165) is 12.1 Å². The fraction of sp³-hybridized carbons (Fsp3) is 0.571. The van der Waals surface area contributed by atoms with Gasteiger partial charge in [-0.15, -0.1) is 0 Å². The van der Waals surface area contributed by atoms with Crippen molar-refractivity contribution in [3.63, 3.8) is 0 Å². The van der Waals surface area contributed by atoms with E-state index in [0.29, 0.717) is 11.6 Å². The van der Waals surface area contributed by atoms with E-state index in [1.807, 2.05) is 20.9 Å². The maximum atomic E-state index is 12.8. The second-order valence-electron chi connectivity index (χ2n) is 5.49. The average Bonchev–Trinajstić information content (AvgIpc) is 2.38. The summed E-state index contributed by atoms with van der Waals surface area (Å²) in [5.74, 6) is 0. The molecule has 6 heteroatoms. The quantitative estimate of drug-likeness (QED) is 0.841. The highest BCUT2D eigenvalue weighted by atomic mass is 35.5. The second kappa shape index (κ2) is 5.64. The predicted molar refractivity (Wildman–Crippen MR) is 81.6 cm³/mol. The Labute approximate surface area is 126 Å². The van der Waals surface area contributed by atoms with Crippen molar-refractivity contribution in [1.82, 2.24) is 9.21 Å². The Kier molecular flexibility index (Phi) is 4.44. The molecule has 0 unspecified atom stereocenters. The van der Waals surface area contributed by atoms with Gasteiger partial charge in [-0.2, -0.15) is 4.31 Å². The van der Waals surface area contributed by atoms with Crippen molar-refractivity contribution in [1.29, 1.82) is 0 Å². The normalized spacial score (nSPS) is 25.9. The van der Waals surface area contributed by atoms with E-state index in [1.165, 1.54) is 0 Å². The second-order valence-corrected chi connectivity index (χ2v) is 7.79. The lowest BCUT2D eigenvalue weighted by Gasteiger charge is -2.42. The van der Waals surface area contributed by atoms with E-state index >= 15 is 0 Å². The van der Waals surface area contributed by atoms with E-state index in [2.05, 4.69) is 11.8 Å². The summed E-state index contributed by atoms with van der Waals surface area (Å²) >= 11 is 6.06. The van der Waals surface area contributed by atoms with Crippen molar-refractivity contribution >= 4 is 21.6 Å². The minimum absolute atomic E-state index is 0.0566. The Morgan fingerprint density at radius 2 is 1.85 bits per heavy atom. The van der Waals surface area contributed by atoms with Crippen LogP contribution in [0.5, 0.6) is 0 Å². The number of aryl methyl sites for hydroxylation is 1. The molecule has 0 saturated carbocycles.